The van der Waals surface area contributed by atoms with Gasteiger partial charge in [-0.3, -0.25) is 0 Å². The molecule has 0 bridgehead atoms. The molecule has 2 aromatic carbocycles. The molecule has 0 aliphatic rings. The van der Waals surface area contributed by atoms with Crippen LogP contribution in [-0.2, 0) is 4.74 Å². The highest BCUT2D eigenvalue weighted by Crippen LogP contribution is 2.27. The zero-order valence-electron chi connectivity index (χ0n) is 16.2. The Morgan fingerprint density at radius 2 is 1.67 bits per heavy atom. The van der Waals surface area contributed by atoms with Crippen LogP contribution in [0, 0.1) is 0 Å². The molecule has 2 aromatic rings. The Bertz CT molecular complexity index is 916. The van der Waals surface area contributed by atoms with Gasteiger partial charge in [0.1, 0.15) is 12.4 Å². The van der Waals surface area contributed by atoms with E-state index in [-0.39, 0.29) is 59.5 Å². The van der Waals surface area contributed by atoms with E-state index in [2.05, 4.69) is 13.2 Å². The standard InChI is InChI=1S/C18H23B3O9/c1-3-12-8-13-9-14(30-7-6-29-5-4-22)10-15(20(25)26)17(13)18(21(27)28)16(12)11(2)19(23)24/h3,8-10,22-28H,1-2,4-7H2. The monoisotopic (exact) mass is 416 g/mol. The summed E-state index contributed by atoms with van der Waals surface area (Å²) in [6, 6.07) is 4.42. The number of ether oxygens (including phenoxy) is 2. The molecule has 12 heteroatoms. The summed E-state index contributed by atoms with van der Waals surface area (Å²) < 4.78 is 10.7. The van der Waals surface area contributed by atoms with E-state index in [1.807, 2.05) is 0 Å². The molecule has 158 valence electrons. The topological polar surface area (TPSA) is 160 Å². The van der Waals surface area contributed by atoms with Gasteiger partial charge < -0.3 is 44.7 Å². The van der Waals surface area contributed by atoms with E-state index in [1.54, 1.807) is 12.1 Å². The third-order valence-corrected chi connectivity index (χ3v) is 4.43. The predicted octanol–water partition coefficient (Wildman–Crippen LogP) is -2.74. The number of aliphatic hydroxyl groups is 1. The minimum Gasteiger partial charge on any atom is -0.491 e. The molecule has 0 fully saturated rings. The van der Waals surface area contributed by atoms with E-state index in [1.165, 1.54) is 12.1 Å². The molecule has 0 spiro atoms. The number of fused-ring (bicyclic) bond motifs is 1. The van der Waals surface area contributed by atoms with Gasteiger partial charge in [-0.25, -0.2) is 0 Å². The van der Waals surface area contributed by atoms with Crippen LogP contribution in [0.15, 0.2) is 31.4 Å². The molecular weight excluding hydrogens is 393 g/mol. The second kappa shape index (κ2) is 10.8. The van der Waals surface area contributed by atoms with Crippen LogP contribution in [0.1, 0.15) is 11.1 Å². The van der Waals surface area contributed by atoms with Gasteiger partial charge in [-0.05, 0) is 56.5 Å². The number of rotatable bonds is 11. The van der Waals surface area contributed by atoms with Gasteiger partial charge in [-0.1, -0.05) is 19.2 Å². The second-order valence-corrected chi connectivity index (χ2v) is 6.40. The van der Waals surface area contributed by atoms with Gasteiger partial charge in [0.05, 0.1) is 19.8 Å². The molecule has 0 radical (unpaired) electrons. The lowest BCUT2D eigenvalue weighted by molar-refractivity contribution is 0.0705. The van der Waals surface area contributed by atoms with Crippen molar-refractivity contribution >= 4 is 54.6 Å². The second-order valence-electron chi connectivity index (χ2n) is 6.40. The molecular formula is C18H23B3O9. The summed E-state index contributed by atoms with van der Waals surface area (Å²) in [5, 5.41) is 68.2. The van der Waals surface area contributed by atoms with E-state index >= 15 is 0 Å². The van der Waals surface area contributed by atoms with Crippen LogP contribution in [0.3, 0.4) is 0 Å². The van der Waals surface area contributed by atoms with Gasteiger partial charge in [0.2, 0.25) is 0 Å². The van der Waals surface area contributed by atoms with E-state index in [0.29, 0.717) is 10.9 Å². The normalized spacial score (nSPS) is 10.8. The Balaban J connectivity index is 2.70. The molecule has 0 aliphatic carbocycles. The molecule has 0 aromatic heterocycles. The number of hydrogen-bond acceptors (Lipinski definition) is 9. The molecule has 0 saturated carbocycles. The molecule has 0 saturated heterocycles. The van der Waals surface area contributed by atoms with Gasteiger partial charge in [-0.15, -0.1) is 0 Å². The van der Waals surface area contributed by atoms with Crippen molar-refractivity contribution in [3.8, 4) is 5.75 Å². The maximum absolute atomic E-state index is 10.0. The quantitative estimate of drug-likeness (QED) is 0.152. The van der Waals surface area contributed by atoms with Crippen molar-refractivity contribution < 1.29 is 44.7 Å². The molecule has 30 heavy (non-hydrogen) atoms. The SMILES string of the molecule is C=Cc1cc2cc(OCCOCCO)cc(B(O)O)c2c(B(O)O)c1C(=C)B(O)O. The van der Waals surface area contributed by atoms with Gasteiger partial charge in [-0.2, -0.15) is 0 Å². The van der Waals surface area contributed by atoms with Crippen LogP contribution in [-0.4, -0.2) is 83.0 Å². The van der Waals surface area contributed by atoms with Crippen LogP contribution in [0.4, 0.5) is 0 Å². The first-order valence-corrected chi connectivity index (χ1v) is 9.08. The molecule has 0 heterocycles. The third-order valence-electron chi connectivity index (χ3n) is 4.43. The van der Waals surface area contributed by atoms with Crippen molar-refractivity contribution in [2.45, 2.75) is 0 Å². The molecule has 0 amide bonds. The zero-order valence-corrected chi connectivity index (χ0v) is 16.2. The van der Waals surface area contributed by atoms with E-state index in [4.69, 9.17) is 14.6 Å². The summed E-state index contributed by atoms with van der Waals surface area (Å²) in [7, 11) is -6.06. The lowest BCUT2D eigenvalue weighted by Crippen LogP contribution is -2.41. The molecule has 7 N–H and O–H groups in total. The van der Waals surface area contributed by atoms with E-state index < -0.39 is 21.4 Å². The summed E-state index contributed by atoms with van der Waals surface area (Å²) in [4.78, 5) is 0. The number of hydrogen-bond donors (Lipinski definition) is 7. The minimum atomic E-state index is -2.09. The maximum Gasteiger partial charge on any atom is 0.489 e. The van der Waals surface area contributed by atoms with Gasteiger partial charge in [0, 0.05) is 0 Å². The maximum atomic E-state index is 10.0. The van der Waals surface area contributed by atoms with Crippen LogP contribution in [0.2, 0.25) is 0 Å². The number of benzene rings is 2. The van der Waals surface area contributed by atoms with Crippen molar-refractivity contribution in [1.29, 1.82) is 0 Å². The number of aliphatic hydroxyl groups excluding tert-OH is 1. The first-order valence-electron chi connectivity index (χ1n) is 9.08. The Morgan fingerprint density at radius 3 is 2.20 bits per heavy atom. The molecule has 9 nitrogen and oxygen atoms in total. The van der Waals surface area contributed by atoms with Crippen LogP contribution in [0.5, 0.6) is 5.75 Å². The minimum absolute atomic E-state index is 0.0236. The fraction of sp³-hybridized carbons (Fsp3) is 0.222. The van der Waals surface area contributed by atoms with E-state index in [0.717, 1.165) is 0 Å². The average Bonchev–Trinajstić information content (AvgIpc) is 2.70. The summed E-state index contributed by atoms with van der Waals surface area (Å²) >= 11 is 0. The van der Waals surface area contributed by atoms with Crippen molar-refractivity contribution in [2.75, 3.05) is 26.4 Å². The molecule has 0 unspecified atom stereocenters. The molecule has 0 aliphatic heterocycles. The summed E-state index contributed by atoms with van der Waals surface area (Å²) in [5.74, 6) is 0.264. The van der Waals surface area contributed by atoms with Crippen molar-refractivity contribution in [3.05, 3.63) is 42.5 Å². The summed E-state index contributed by atoms with van der Waals surface area (Å²) in [5.41, 5.74) is -0.129. The highest BCUT2D eigenvalue weighted by atomic mass is 16.5. The van der Waals surface area contributed by atoms with Gasteiger partial charge >= 0.3 is 21.4 Å². The highest BCUT2D eigenvalue weighted by molar-refractivity contribution is 6.72. The highest BCUT2D eigenvalue weighted by Gasteiger charge is 2.30. The fourth-order valence-electron chi connectivity index (χ4n) is 3.18. The smallest absolute Gasteiger partial charge is 0.489 e. The molecule has 2 rings (SSSR count). The Labute approximate surface area is 174 Å². The van der Waals surface area contributed by atoms with Gasteiger partial charge in [0.25, 0.3) is 0 Å². The Kier molecular flexibility index (Phi) is 8.65. The first-order chi connectivity index (χ1) is 14.2. The van der Waals surface area contributed by atoms with Gasteiger partial charge in [0.15, 0.2) is 0 Å². The third kappa shape index (κ3) is 5.31. The van der Waals surface area contributed by atoms with Crippen molar-refractivity contribution in [2.24, 2.45) is 0 Å². The summed E-state index contributed by atoms with van der Waals surface area (Å²) in [6.07, 6.45) is 1.37. The Morgan fingerprint density at radius 1 is 0.967 bits per heavy atom. The van der Waals surface area contributed by atoms with Crippen molar-refractivity contribution in [1.82, 2.24) is 0 Å². The lowest BCUT2D eigenvalue weighted by atomic mass is 9.62. The first kappa shape index (κ1) is 24.1. The fourth-order valence-corrected chi connectivity index (χ4v) is 3.18. The van der Waals surface area contributed by atoms with E-state index in [9.17, 15) is 30.1 Å². The largest absolute Gasteiger partial charge is 0.491 e. The predicted molar refractivity (Wildman–Crippen MR) is 116 cm³/mol. The Hall–Kier alpha value is -2.15. The average molecular weight is 416 g/mol. The zero-order chi connectivity index (χ0) is 22.4. The van der Waals surface area contributed by atoms with Crippen LogP contribution in [0.25, 0.3) is 22.3 Å². The van der Waals surface area contributed by atoms with Crippen LogP contribution < -0.4 is 15.7 Å². The van der Waals surface area contributed by atoms with Crippen molar-refractivity contribution in [3.63, 3.8) is 0 Å². The lowest BCUT2D eigenvalue weighted by Gasteiger charge is -2.21. The van der Waals surface area contributed by atoms with Crippen LogP contribution >= 0.6 is 0 Å². The molecule has 0 atom stereocenters. The summed E-state index contributed by atoms with van der Waals surface area (Å²) in [6.45, 7) is 7.61.